The third-order valence-corrected chi connectivity index (χ3v) is 3.99. The smallest absolute Gasteiger partial charge is 0.269 e. The van der Waals surface area contributed by atoms with Gasteiger partial charge in [0.2, 0.25) is 0 Å². The zero-order chi connectivity index (χ0) is 15.4. The summed E-state index contributed by atoms with van der Waals surface area (Å²) in [5, 5.41) is 20.4. The van der Waals surface area contributed by atoms with Crippen LogP contribution in [0.3, 0.4) is 0 Å². The number of rotatable bonds is 5. The Balaban J connectivity index is 2.10. The monoisotopic (exact) mass is 303 g/mol. The molecule has 0 aliphatic carbocycles. The Morgan fingerprint density at radius 1 is 1.24 bits per heavy atom. The van der Waals surface area contributed by atoms with Crippen LogP contribution in [0.1, 0.15) is 22.8 Å². The molecule has 2 aromatic rings. The van der Waals surface area contributed by atoms with E-state index in [1.165, 1.54) is 36.9 Å². The molecule has 0 atom stereocenters. The van der Waals surface area contributed by atoms with Gasteiger partial charge in [-0.1, -0.05) is 0 Å². The Hall–Kier alpha value is -2.34. The molecule has 108 valence electrons. The van der Waals surface area contributed by atoms with Crippen molar-refractivity contribution in [3.8, 4) is 5.75 Å². The normalized spacial score (nSPS) is 10.3. The molecule has 0 fully saturated rings. The number of phenols is 1. The number of nitro groups is 1. The number of carbonyl (C=O) groups excluding carboxylic acids is 1. The van der Waals surface area contributed by atoms with E-state index < -0.39 is 4.92 Å². The van der Waals surface area contributed by atoms with Gasteiger partial charge in [0.15, 0.2) is 5.78 Å². The van der Waals surface area contributed by atoms with Crippen molar-refractivity contribution in [1.29, 1.82) is 0 Å². The molecule has 2 aromatic carbocycles. The average Bonchev–Trinajstić information content (AvgIpc) is 2.46. The number of non-ortho nitro benzene ring substituents is 1. The Bertz CT molecular complexity index is 683. The molecule has 0 aliphatic rings. The van der Waals surface area contributed by atoms with Crippen LogP contribution in [0.5, 0.6) is 5.75 Å². The first-order valence-corrected chi connectivity index (χ1v) is 7.16. The van der Waals surface area contributed by atoms with Gasteiger partial charge in [-0.25, -0.2) is 0 Å². The van der Waals surface area contributed by atoms with Crippen molar-refractivity contribution in [3.05, 3.63) is 63.7 Å². The number of phenolic OH excluding ortho intramolecular Hbond substituents is 1. The first-order chi connectivity index (χ1) is 9.97. The Morgan fingerprint density at radius 2 is 1.90 bits per heavy atom. The minimum Gasteiger partial charge on any atom is -0.508 e. The number of hydrogen-bond donors (Lipinski definition) is 1. The molecular formula is C15H13NO4S. The van der Waals surface area contributed by atoms with E-state index >= 15 is 0 Å². The second kappa shape index (κ2) is 6.41. The van der Waals surface area contributed by atoms with Crippen LogP contribution in [-0.2, 0) is 5.75 Å². The van der Waals surface area contributed by atoms with Gasteiger partial charge >= 0.3 is 0 Å². The van der Waals surface area contributed by atoms with Crippen LogP contribution < -0.4 is 0 Å². The number of hydrogen-bond acceptors (Lipinski definition) is 5. The Morgan fingerprint density at radius 3 is 2.48 bits per heavy atom. The number of nitrogens with zero attached hydrogens (tertiary/aromatic N) is 1. The predicted octanol–water partition coefficient (Wildman–Crippen LogP) is 3.80. The first kappa shape index (κ1) is 15.1. The van der Waals surface area contributed by atoms with Gasteiger partial charge in [0.1, 0.15) is 5.75 Å². The summed E-state index contributed by atoms with van der Waals surface area (Å²) in [6.45, 7) is 1.47. The van der Waals surface area contributed by atoms with Crippen molar-refractivity contribution >= 4 is 23.2 Å². The Labute approximate surface area is 125 Å². The fourth-order valence-corrected chi connectivity index (χ4v) is 2.63. The minimum atomic E-state index is -0.448. The van der Waals surface area contributed by atoms with Crippen LogP contribution in [0.15, 0.2) is 47.4 Å². The maximum absolute atomic E-state index is 11.3. The topological polar surface area (TPSA) is 80.4 Å². The molecule has 0 unspecified atom stereocenters. The SMILES string of the molecule is CC(=O)c1ccc(O)c(CSc2ccc([N+](=O)[O-])cc2)c1. The van der Waals surface area contributed by atoms with Gasteiger partial charge in [-0.05, 0) is 37.3 Å². The van der Waals surface area contributed by atoms with Gasteiger partial charge in [0.05, 0.1) is 4.92 Å². The summed E-state index contributed by atoms with van der Waals surface area (Å²) in [5.74, 6) is 0.552. The van der Waals surface area contributed by atoms with Gasteiger partial charge in [-0.3, -0.25) is 14.9 Å². The number of benzene rings is 2. The third kappa shape index (κ3) is 3.82. The molecule has 21 heavy (non-hydrogen) atoms. The van der Waals surface area contributed by atoms with E-state index in [1.54, 1.807) is 24.3 Å². The average molecular weight is 303 g/mol. The van der Waals surface area contributed by atoms with Gasteiger partial charge in [0, 0.05) is 33.9 Å². The summed E-state index contributed by atoms with van der Waals surface area (Å²) in [6.07, 6.45) is 0. The molecule has 0 radical (unpaired) electrons. The summed E-state index contributed by atoms with van der Waals surface area (Å²) >= 11 is 1.43. The molecule has 6 heteroatoms. The predicted molar refractivity (Wildman–Crippen MR) is 80.8 cm³/mol. The molecule has 0 bridgehead atoms. The van der Waals surface area contributed by atoms with E-state index in [1.807, 2.05) is 0 Å². The van der Waals surface area contributed by atoms with E-state index in [4.69, 9.17) is 0 Å². The third-order valence-electron chi connectivity index (χ3n) is 2.93. The van der Waals surface area contributed by atoms with Crippen molar-refractivity contribution in [2.45, 2.75) is 17.6 Å². The maximum atomic E-state index is 11.3. The standard InChI is InChI=1S/C15H13NO4S/c1-10(17)11-2-7-15(18)12(8-11)9-21-14-5-3-13(4-6-14)16(19)20/h2-8,18H,9H2,1H3. The second-order valence-electron chi connectivity index (χ2n) is 4.44. The fraction of sp³-hybridized carbons (Fsp3) is 0.133. The van der Waals surface area contributed by atoms with Crippen molar-refractivity contribution in [1.82, 2.24) is 0 Å². The molecule has 0 amide bonds. The van der Waals surface area contributed by atoms with Gasteiger partial charge in [0.25, 0.3) is 5.69 Å². The minimum absolute atomic E-state index is 0.0424. The zero-order valence-corrected chi connectivity index (χ0v) is 12.1. The second-order valence-corrected chi connectivity index (χ2v) is 5.49. The maximum Gasteiger partial charge on any atom is 0.269 e. The Kier molecular flexibility index (Phi) is 4.59. The van der Waals surface area contributed by atoms with Crippen molar-refractivity contribution in [2.75, 3.05) is 0 Å². The van der Waals surface area contributed by atoms with Crippen LogP contribution in [0.4, 0.5) is 5.69 Å². The van der Waals surface area contributed by atoms with Gasteiger partial charge < -0.3 is 5.11 Å². The molecule has 0 aromatic heterocycles. The lowest BCUT2D eigenvalue weighted by atomic mass is 10.1. The highest BCUT2D eigenvalue weighted by Crippen LogP contribution is 2.29. The van der Waals surface area contributed by atoms with Crippen LogP contribution in [0.25, 0.3) is 0 Å². The lowest BCUT2D eigenvalue weighted by Crippen LogP contribution is -1.93. The number of ketones is 1. The first-order valence-electron chi connectivity index (χ1n) is 6.17. The molecule has 2 rings (SSSR count). The molecule has 5 nitrogen and oxygen atoms in total. The number of aromatic hydroxyl groups is 1. The summed E-state index contributed by atoms with van der Waals surface area (Å²) in [4.78, 5) is 22.3. The molecule has 0 saturated carbocycles. The van der Waals surface area contributed by atoms with E-state index in [0.717, 1.165) is 4.90 Å². The molecule has 1 N–H and O–H groups in total. The van der Waals surface area contributed by atoms with E-state index in [9.17, 15) is 20.0 Å². The van der Waals surface area contributed by atoms with Crippen molar-refractivity contribution in [3.63, 3.8) is 0 Å². The number of carbonyl (C=O) groups is 1. The molecule has 0 aliphatic heterocycles. The zero-order valence-electron chi connectivity index (χ0n) is 11.3. The highest BCUT2D eigenvalue weighted by atomic mass is 32.2. The van der Waals surface area contributed by atoms with Crippen LogP contribution in [0.2, 0.25) is 0 Å². The summed E-state index contributed by atoms with van der Waals surface area (Å²) in [5.41, 5.74) is 1.25. The number of Topliss-reactive ketones (excluding diaryl/α,β-unsaturated/α-hetero) is 1. The lowest BCUT2D eigenvalue weighted by molar-refractivity contribution is -0.384. The lowest BCUT2D eigenvalue weighted by Gasteiger charge is -2.06. The largest absolute Gasteiger partial charge is 0.508 e. The van der Waals surface area contributed by atoms with Crippen LogP contribution >= 0.6 is 11.8 Å². The van der Waals surface area contributed by atoms with Crippen LogP contribution in [-0.4, -0.2) is 15.8 Å². The number of nitro benzene ring substituents is 1. The van der Waals surface area contributed by atoms with E-state index in [-0.39, 0.29) is 17.2 Å². The summed E-state index contributed by atoms with van der Waals surface area (Å²) in [7, 11) is 0. The molecular weight excluding hydrogens is 290 g/mol. The van der Waals surface area contributed by atoms with Gasteiger partial charge in [-0.15, -0.1) is 11.8 Å². The fourth-order valence-electron chi connectivity index (χ4n) is 1.75. The van der Waals surface area contributed by atoms with Crippen LogP contribution in [0, 0.1) is 10.1 Å². The molecule has 0 saturated heterocycles. The summed E-state index contributed by atoms with van der Waals surface area (Å²) < 4.78 is 0. The number of thioether (sulfide) groups is 1. The van der Waals surface area contributed by atoms with E-state index in [2.05, 4.69) is 0 Å². The molecule has 0 spiro atoms. The highest BCUT2D eigenvalue weighted by Gasteiger charge is 2.08. The highest BCUT2D eigenvalue weighted by molar-refractivity contribution is 7.98. The summed E-state index contributed by atoms with van der Waals surface area (Å²) in [6, 6.07) is 10.9. The van der Waals surface area contributed by atoms with E-state index in [0.29, 0.717) is 16.9 Å². The van der Waals surface area contributed by atoms with Gasteiger partial charge in [-0.2, -0.15) is 0 Å². The molecule has 0 heterocycles. The quantitative estimate of drug-likeness (QED) is 0.393. The van der Waals surface area contributed by atoms with Crippen molar-refractivity contribution < 1.29 is 14.8 Å². The van der Waals surface area contributed by atoms with Crippen molar-refractivity contribution in [2.24, 2.45) is 0 Å².